The fraction of sp³-hybridized carbons (Fsp3) is 0.400. The number of aromatic nitrogens is 1. The molecule has 0 saturated carbocycles. The maximum atomic E-state index is 12.9. The molecule has 1 amide bonds. The van der Waals surface area contributed by atoms with Crippen molar-refractivity contribution in [2.24, 2.45) is 0 Å². The Kier molecular flexibility index (Phi) is 6.34. The summed E-state index contributed by atoms with van der Waals surface area (Å²) >= 11 is 1.36. The van der Waals surface area contributed by atoms with Gasteiger partial charge in [0.25, 0.3) is 5.91 Å². The van der Waals surface area contributed by atoms with E-state index >= 15 is 0 Å². The Balaban J connectivity index is 1.62. The molecule has 2 aliphatic rings. The fourth-order valence-electron chi connectivity index (χ4n) is 4.49. The van der Waals surface area contributed by atoms with Crippen molar-refractivity contribution in [1.82, 2.24) is 23.4 Å². The number of likely N-dealkylation sites (N-methyl/N-ethyl adjacent to an activating group) is 3. The molecule has 1 unspecified atom stereocenters. The second-order valence-corrected chi connectivity index (χ2v) is 10.0. The van der Waals surface area contributed by atoms with Crippen molar-refractivity contribution < 1.29 is 9.53 Å². The standard InChI is InChI=1S/C25H31N5O2S/c1-27-10-12-28(2)20-16-30-22-15-19(25(31)26-33-29(3)13-11-27)9-8-18(22)14-23(30)21-6-4-5-7-24(21)32-17-20/h4-9,14-15,20H,10-13,16-17H2,1-3H3,(H,26,31). The maximum Gasteiger partial charge on any atom is 0.262 e. The van der Waals surface area contributed by atoms with Crippen molar-refractivity contribution >= 4 is 28.9 Å². The van der Waals surface area contributed by atoms with Crippen LogP contribution in [0.25, 0.3) is 22.2 Å². The lowest BCUT2D eigenvalue weighted by atomic mass is 10.1. The molecule has 1 atom stereocenters. The first kappa shape index (κ1) is 22.3. The van der Waals surface area contributed by atoms with E-state index in [2.05, 4.69) is 61.8 Å². The zero-order valence-electron chi connectivity index (χ0n) is 19.5. The predicted molar refractivity (Wildman–Crippen MR) is 134 cm³/mol. The van der Waals surface area contributed by atoms with Gasteiger partial charge in [0, 0.05) is 66.9 Å². The molecule has 1 aromatic heterocycles. The summed E-state index contributed by atoms with van der Waals surface area (Å²) in [5, 5.41) is 1.13. The van der Waals surface area contributed by atoms with Crippen molar-refractivity contribution in [3.05, 3.63) is 54.1 Å². The maximum absolute atomic E-state index is 12.9. The quantitative estimate of drug-likeness (QED) is 0.515. The van der Waals surface area contributed by atoms with Crippen molar-refractivity contribution in [2.75, 3.05) is 53.9 Å². The summed E-state index contributed by atoms with van der Waals surface area (Å²) in [4.78, 5) is 17.7. The summed E-state index contributed by atoms with van der Waals surface area (Å²) in [6.07, 6.45) is 0. The molecule has 3 heterocycles. The van der Waals surface area contributed by atoms with Gasteiger partial charge in [-0.25, -0.2) is 4.31 Å². The Bertz CT molecular complexity index is 1160. The van der Waals surface area contributed by atoms with Gasteiger partial charge in [0.15, 0.2) is 0 Å². The molecular weight excluding hydrogens is 434 g/mol. The minimum Gasteiger partial charge on any atom is -0.491 e. The van der Waals surface area contributed by atoms with Gasteiger partial charge in [0.2, 0.25) is 0 Å². The Hall–Kier alpha value is -2.52. The molecule has 0 radical (unpaired) electrons. The molecule has 2 aromatic carbocycles. The first-order chi connectivity index (χ1) is 16.0. The third-order valence-electron chi connectivity index (χ3n) is 6.70. The van der Waals surface area contributed by atoms with Gasteiger partial charge in [-0.2, -0.15) is 0 Å². The van der Waals surface area contributed by atoms with E-state index in [0.29, 0.717) is 12.2 Å². The van der Waals surface area contributed by atoms with E-state index in [1.165, 1.54) is 12.1 Å². The smallest absolute Gasteiger partial charge is 0.262 e. The van der Waals surface area contributed by atoms with E-state index in [0.717, 1.165) is 60.6 Å². The van der Waals surface area contributed by atoms with Crippen LogP contribution in [-0.4, -0.2) is 84.6 Å². The van der Waals surface area contributed by atoms with E-state index in [9.17, 15) is 4.79 Å². The van der Waals surface area contributed by atoms with Crippen LogP contribution in [0.5, 0.6) is 5.75 Å². The predicted octanol–water partition coefficient (Wildman–Crippen LogP) is 3.17. The molecule has 2 aliphatic heterocycles. The average Bonchev–Trinajstić information content (AvgIpc) is 3.17. The van der Waals surface area contributed by atoms with Gasteiger partial charge in [-0.05, 0) is 51.5 Å². The molecule has 0 spiro atoms. The largest absolute Gasteiger partial charge is 0.491 e. The second kappa shape index (κ2) is 9.38. The van der Waals surface area contributed by atoms with E-state index in [-0.39, 0.29) is 11.9 Å². The third kappa shape index (κ3) is 4.61. The van der Waals surface area contributed by atoms with Gasteiger partial charge in [-0.15, -0.1) is 0 Å². The molecule has 0 aliphatic carbocycles. The minimum absolute atomic E-state index is 0.0759. The van der Waals surface area contributed by atoms with Crippen LogP contribution in [0.15, 0.2) is 48.5 Å². The van der Waals surface area contributed by atoms with Gasteiger partial charge in [-0.3, -0.25) is 14.4 Å². The number of rotatable bonds is 0. The third-order valence-corrected chi connectivity index (χ3v) is 7.47. The number of benzene rings is 2. The number of hydrogen-bond acceptors (Lipinski definition) is 6. The van der Waals surface area contributed by atoms with Crippen molar-refractivity contribution in [3.8, 4) is 17.0 Å². The number of nitrogens with zero attached hydrogens (tertiary/aromatic N) is 4. The van der Waals surface area contributed by atoms with Crippen LogP contribution >= 0.6 is 12.1 Å². The minimum atomic E-state index is -0.0759. The molecule has 3 aromatic rings. The Morgan fingerprint density at radius 3 is 2.70 bits per heavy atom. The average molecular weight is 466 g/mol. The van der Waals surface area contributed by atoms with Crippen LogP contribution in [0.3, 0.4) is 0 Å². The van der Waals surface area contributed by atoms with Crippen LogP contribution in [0, 0.1) is 0 Å². The van der Waals surface area contributed by atoms with Gasteiger partial charge < -0.3 is 14.2 Å². The lowest BCUT2D eigenvalue weighted by Gasteiger charge is -2.33. The first-order valence-electron chi connectivity index (χ1n) is 11.4. The summed E-state index contributed by atoms with van der Waals surface area (Å²) in [6, 6.07) is 16.7. The van der Waals surface area contributed by atoms with Crippen molar-refractivity contribution in [3.63, 3.8) is 0 Å². The zero-order chi connectivity index (χ0) is 22.9. The number of hydrogen-bond donors (Lipinski definition) is 1. The van der Waals surface area contributed by atoms with Crippen LogP contribution in [0.2, 0.25) is 0 Å². The first-order valence-corrected chi connectivity index (χ1v) is 12.2. The van der Waals surface area contributed by atoms with Gasteiger partial charge in [-0.1, -0.05) is 18.2 Å². The van der Waals surface area contributed by atoms with Crippen LogP contribution in [0.1, 0.15) is 10.4 Å². The molecular formula is C25H31N5O2S. The van der Waals surface area contributed by atoms with Crippen LogP contribution < -0.4 is 9.46 Å². The zero-order valence-corrected chi connectivity index (χ0v) is 20.3. The molecule has 8 heteroatoms. The Labute approximate surface area is 199 Å². The van der Waals surface area contributed by atoms with Gasteiger partial charge in [0.05, 0.1) is 11.7 Å². The monoisotopic (exact) mass is 465 g/mol. The molecule has 174 valence electrons. The molecule has 33 heavy (non-hydrogen) atoms. The highest BCUT2D eigenvalue weighted by molar-refractivity contribution is 7.95. The number of nitrogens with one attached hydrogen (secondary N) is 1. The highest BCUT2D eigenvalue weighted by Crippen LogP contribution is 2.36. The lowest BCUT2D eigenvalue weighted by Crippen LogP contribution is -2.44. The fourth-order valence-corrected chi connectivity index (χ4v) is 5.02. The number of carbonyl (C=O) groups excluding carboxylic acids is 1. The lowest BCUT2D eigenvalue weighted by molar-refractivity contribution is 0.0983. The summed E-state index contributed by atoms with van der Waals surface area (Å²) in [6.45, 7) is 5.14. The normalized spacial score (nSPS) is 21.4. The van der Waals surface area contributed by atoms with E-state index in [4.69, 9.17) is 4.74 Å². The Morgan fingerprint density at radius 2 is 1.82 bits per heavy atom. The van der Waals surface area contributed by atoms with Gasteiger partial charge >= 0.3 is 0 Å². The molecule has 0 fully saturated rings. The van der Waals surface area contributed by atoms with E-state index in [1.54, 1.807) is 0 Å². The summed E-state index contributed by atoms with van der Waals surface area (Å²) < 4.78 is 13.8. The highest BCUT2D eigenvalue weighted by Gasteiger charge is 2.25. The highest BCUT2D eigenvalue weighted by atomic mass is 32.2. The molecule has 5 rings (SSSR count). The van der Waals surface area contributed by atoms with E-state index in [1.807, 2.05) is 31.3 Å². The van der Waals surface area contributed by atoms with Crippen LogP contribution in [0.4, 0.5) is 0 Å². The van der Waals surface area contributed by atoms with Crippen molar-refractivity contribution in [2.45, 2.75) is 12.6 Å². The van der Waals surface area contributed by atoms with Crippen LogP contribution in [-0.2, 0) is 6.54 Å². The number of carbonyl (C=O) groups is 1. The number of para-hydroxylation sites is 1. The molecule has 0 saturated heterocycles. The summed E-state index contributed by atoms with van der Waals surface area (Å²) in [7, 11) is 6.34. The topological polar surface area (TPSA) is 53.0 Å². The summed E-state index contributed by atoms with van der Waals surface area (Å²) in [5.74, 6) is 0.830. The number of ether oxygens (including phenoxy) is 1. The van der Waals surface area contributed by atoms with E-state index < -0.39 is 0 Å². The molecule has 4 bridgehead atoms. The molecule has 1 N–H and O–H groups in total. The molecule has 7 nitrogen and oxygen atoms in total. The summed E-state index contributed by atoms with van der Waals surface area (Å²) in [5.41, 5.74) is 3.97. The SMILES string of the molecule is CN1CCN(C)SNC(=O)c2ccc3cc4n(c3c2)CC(COc2ccccc2-4)N(C)CC1. The second-order valence-electron chi connectivity index (χ2n) is 9.03. The van der Waals surface area contributed by atoms with Crippen molar-refractivity contribution in [1.29, 1.82) is 0 Å². The number of amides is 1. The number of fused-ring (bicyclic) bond motifs is 4. The Morgan fingerprint density at radius 1 is 1.00 bits per heavy atom. The van der Waals surface area contributed by atoms with Gasteiger partial charge in [0.1, 0.15) is 12.4 Å².